The van der Waals surface area contributed by atoms with Gasteiger partial charge in [0, 0.05) is 17.3 Å². The zero-order valence-electron chi connectivity index (χ0n) is 14.3. The maximum Gasteiger partial charge on any atom is 0.348 e. The molecule has 26 heavy (non-hydrogen) atoms. The topological polar surface area (TPSA) is 67.9 Å². The summed E-state index contributed by atoms with van der Waals surface area (Å²) in [6.45, 7) is 1.92. The van der Waals surface area contributed by atoms with Crippen molar-refractivity contribution in [2.75, 3.05) is 6.61 Å². The highest BCUT2D eigenvalue weighted by Crippen LogP contribution is 2.25. The van der Waals surface area contributed by atoms with Crippen molar-refractivity contribution in [3.63, 3.8) is 0 Å². The summed E-state index contributed by atoms with van der Waals surface area (Å²) >= 11 is 0. The van der Waals surface area contributed by atoms with E-state index < -0.39 is 5.97 Å². The summed E-state index contributed by atoms with van der Waals surface area (Å²) in [5.41, 5.74) is 3.08. The molecule has 3 rings (SSSR count). The molecule has 3 aromatic rings. The van der Waals surface area contributed by atoms with E-state index >= 15 is 0 Å². The monoisotopic (exact) mass is 343 g/mol. The smallest absolute Gasteiger partial charge is 0.348 e. The third-order valence-electron chi connectivity index (χ3n) is 3.73. The van der Waals surface area contributed by atoms with E-state index in [1.165, 1.54) is 6.08 Å². The number of nitriles is 1. The number of nitrogens with zero attached hydrogens (tertiary/aromatic N) is 3. The lowest BCUT2D eigenvalue weighted by atomic mass is 10.1. The van der Waals surface area contributed by atoms with Crippen molar-refractivity contribution in [3.05, 3.63) is 78.0 Å². The predicted molar refractivity (Wildman–Crippen MR) is 99.2 cm³/mol. The second-order valence-electron chi connectivity index (χ2n) is 5.47. The number of carbonyl (C=O) groups excluding carboxylic acids is 1. The van der Waals surface area contributed by atoms with Crippen LogP contribution in [0, 0.1) is 11.3 Å². The molecule has 0 aliphatic rings. The number of esters is 1. The van der Waals surface area contributed by atoms with Crippen LogP contribution in [0.15, 0.2) is 72.4 Å². The molecule has 0 spiro atoms. The van der Waals surface area contributed by atoms with Crippen LogP contribution in [0.5, 0.6) is 0 Å². The Kier molecular flexibility index (Phi) is 5.25. The molecule has 0 radical (unpaired) electrons. The van der Waals surface area contributed by atoms with E-state index in [0.29, 0.717) is 11.3 Å². The quantitative estimate of drug-likeness (QED) is 0.399. The van der Waals surface area contributed by atoms with Gasteiger partial charge in [-0.2, -0.15) is 10.4 Å². The number of aromatic nitrogens is 2. The van der Waals surface area contributed by atoms with E-state index in [9.17, 15) is 10.1 Å². The molecular formula is C21H17N3O2. The van der Waals surface area contributed by atoms with E-state index in [-0.39, 0.29) is 12.2 Å². The van der Waals surface area contributed by atoms with Gasteiger partial charge < -0.3 is 4.74 Å². The van der Waals surface area contributed by atoms with Crippen molar-refractivity contribution in [2.45, 2.75) is 6.92 Å². The van der Waals surface area contributed by atoms with E-state index in [0.717, 1.165) is 11.3 Å². The minimum atomic E-state index is -0.638. The summed E-state index contributed by atoms with van der Waals surface area (Å²) in [5.74, 6) is -0.638. The Morgan fingerprint density at radius 3 is 2.42 bits per heavy atom. The van der Waals surface area contributed by atoms with Crippen LogP contribution in [0.3, 0.4) is 0 Å². The Labute approximate surface area is 151 Å². The molecule has 5 heteroatoms. The van der Waals surface area contributed by atoms with Gasteiger partial charge in [0.25, 0.3) is 0 Å². The Bertz CT molecular complexity index is 967. The normalized spacial score (nSPS) is 11.0. The molecule has 0 fully saturated rings. The highest BCUT2D eigenvalue weighted by molar-refractivity contribution is 5.98. The molecule has 0 amide bonds. The van der Waals surface area contributed by atoms with Crippen LogP contribution in [-0.4, -0.2) is 22.4 Å². The lowest BCUT2D eigenvalue weighted by Crippen LogP contribution is -2.06. The Balaban J connectivity index is 2.12. The lowest BCUT2D eigenvalue weighted by molar-refractivity contribution is -0.137. The van der Waals surface area contributed by atoms with Gasteiger partial charge in [0.05, 0.1) is 18.0 Å². The van der Waals surface area contributed by atoms with Crippen molar-refractivity contribution in [1.82, 2.24) is 9.78 Å². The predicted octanol–water partition coefficient (Wildman–Crippen LogP) is 4.01. The van der Waals surface area contributed by atoms with Gasteiger partial charge in [0.15, 0.2) is 0 Å². The minimum absolute atomic E-state index is 0.0587. The van der Waals surface area contributed by atoms with Gasteiger partial charge in [-0.1, -0.05) is 48.5 Å². The standard InChI is InChI=1S/C21H17N3O2/c1-2-26-21(25)17(14-22)13-18-15-24(19-11-7-4-8-12-19)23-20(18)16-9-5-3-6-10-16/h3-13,15H,2H2,1H3/b17-13+. The van der Waals surface area contributed by atoms with Crippen LogP contribution in [-0.2, 0) is 9.53 Å². The summed E-state index contributed by atoms with van der Waals surface area (Å²) in [6.07, 6.45) is 3.32. The zero-order valence-corrected chi connectivity index (χ0v) is 14.3. The molecule has 0 bridgehead atoms. The van der Waals surface area contributed by atoms with Crippen LogP contribution in [0.25, 0.3) is 23.0 Å². The van der Waals surface area contributed by atoms with Crippen molar-refractivity contribution in [2.24, 2.45) is 0 Å². The Morgan fingerprint density at radius 1 is 1.15 bits per heavy atom. The fourth-order valence-corrected chi connectivity index (χ4v) is 2.53. The fraction of sp³-hybridized carbons (Fsp3) is 0.0952. The van der Waals surface area contributed by atoms with E-state index in [1.807, 2.05) is 66.7 Å². The highest BCUT2D eigenvalue weighted by atomic mass is 16.5. The summed E-state index contributed by atoms with van der Waals surface area (Å²) in [7, 11) is 0. The van der Waals surface area contributed by atoms with Crippen LogP contribution >= 0.6 is 0 Å². The molecule has 0 unspecified atom stereocenters. The molecule has 0 aliphatic carbocycles. The van der Waals surface area contributed by atoms with Crippen LogP contribution in [0.4, 0.5) is 0 Å². The first-order valence-corrected chi connectivity index (χ1v) is 8.22. The SMILES string of the molecule is CCOC(=O)/C(C#N)=C/c1cn(-c2ccccc2)nc1-c1ccccc1. The molecule has 2 aromatic carbocycles. The summed E-state index contributed by atoms with van der Waals surface area (Å²) in [5, 5.41) is 14.0. The largest absolute Gasteiger partial charge is 0.462 e. The molecular weight excluding hydrogens is 326 g/mol. The summed E-state index contributed by atoms with van der Waals surface area (Å²) < 4.78 is 6.68. The molecule has 1 heterocycles. The van der Waals surface area contributed by atoms with Crippen molar-refractivity contribution in [3.8, 4) is 23.0 Å². The maximum atomic E-state index is 12.0. The first-order valence-electron chi connectivity index (χ1n) is 8.22. The van der Waals surface area contributed by atoms with Gasteiger partial charge in [0.2, 0.25) is 0 Å². The van der Waals surface area contributed by atoms with Gasteiger partial charge in [-0.25, -0.2) is 9.48 Å². The number of carbonyl (C=O) groups is 1. The number of hydrogen-bond acceptors (Lipinski definition) is 4. The minimum Gasteiger partial charge on any atom is -0.462 e. The second-order valence-corrected chi connectivity index (χ2v) is 5.47. The van der Waals surface area contributed by atoms with Crippen molar-refractivity contribution >= 4 is 12.0 Å². The van der Waals surface area contributed by atoms with Gasteiger partial charge in [-0.3, -0.25) is 0 Å². The third kappa shape index (κ3) is 3.70. The van der Waals surface area contributed by atoms with E-state index in [4.69, 9.17) is 4.74 Å². The van der Waals surface area contributed by atoms with E-state index in [1.54, 1.807) is 17.8 Å². The van der Waals surface area contributed by atoms with Crippen LogP contribution in [0.2, 0.25) is 0 Å². The number of rotatable bonds is 5. The first kappa shape index (κ1) is 17.2. The van der Waals surface area contributed by atoms with Crippen molar-refractivity contribution in [1.29, 1.82) is 5.26 Å². The average molecular weight is 343 g/mol. The first-order chi connectivity index (χ1) is 12.7. The lowest BCUT2D eigenvalue weighted by Gasteiger charge is -2.01. The highest BCUT2D eigenvalue weighted by Gasteiger charge is 2.15. The molecule has 0 saturated carbocycles. The van der Waals surface area contributed by atoms with Gasteiger partial charge in [-0.15, -0.1) is 0 Å². The molecule has 0 atom stereocenters. The van der Waals surface area contributed by atoms with Crippen molar-refractivity contribution < 1.29 is 9.53 Å². The number of hydrogen-bond donors (Lipinski definition) is 0. The molecule has 1 aromatic heterocycles. The summed E-state index contributed by atoms with van der Waals surface area (Å²) in [6, 6.07) is 21.2. The van der Waals surface area contributed by atoms with Crippen LogP contribution in [0.1, 0.15) is 12.5 Å². The molecule has 0 aliphatic heterocycles. The third-order valence-corrected chi connectivity index (χ3v) is 3.73. The molecule has 0 saturated heterocycles. The number of benzene rings is 2. The van der Waals surface area contributed by atoms with Gasteiger partial charge in [-0.05, 0) is 25.1 Å². The Morgan fingerprint density at radius 2 is 1.81 bits per heavy atom. The van der Waals surface area contributed by atoms with E-state index in [2.05, 4.69) is 5.10 Å². The number of ether oxygens (including phenoxy) is 1. The Hall–Kier alpha value is -3.65. The average Bonchev–Trinajstić information content (AvgIpc) is 3.11. The summed E-state index contributed by atoms with van der Waals surface area (Å²) in [4.78, 5) is 12.0. The molecule has 128 valence electrons. The van der Waals surface area contributed by atoms with Gasteiger partial charge in [0.1, 0.15) is 11.6 Å². The maximum absolute atomic E-state index is 12.0. The van der Waals surface area contributed by atoms with Crippen LogP contribution < -0.4 is 0 Å². The fourth-order valence-electron chi connectivity index (χ4n) is 2.53. The second kappa shape index (κ2) is 7.95. The van der Waals surface area contributed by atoms with Gasteiger partial charge >= 0.3 is 5.97 Å². The number of para-hydroxylation sites is 1. The zero-order chi connectivity index (χ0) is 18.4. The molecule has 0 N–H and O–H groups in total. The molecule has 5 nitrogen and oxygen atoms in total.